The van der Waals surface area contributed by atoms with Gasteiger partial charge in [0.25, 0.3) is 0 Å². The van der Waals surface area contributed by atoms with E-state index in [0.717, 1.165) is 16.8 Å². The maximum Gasteiger partial charge on any atom is 0.0587 e. The maximum atomic E-state index is 6.42. The third-order valence-corrected chi connectivity index (χ3v) is 4.21. The second kappa shape index (κ2) is 5.36. The van der Waals surface area contributed by atoms with E-state index in [1.807, 2.05) is 0 Å². The van der Waals surface area contributed by atoms with E-state index in [1.54, 1.807) is 0 Å². The van der Waals surface area contributed by atoms with Crippen LogP contribution in [-0.2, 0) is 0 Å². The van der Waals surface area contributed by atoms with Gasteiger partial charge < -0.3 is 0 Å². The summed E-state index contributed by atoms with van der Waals surface area (Å²) in [5.41, 5.74) is 1.26. The molecule has 0 aliphatic heterocycles. The molecule has 0 spiro atoms. The first-order chi connectivity index (χ1) is 7.25. The predicted octanol–water partition coefficient (Wildman–Crippen LogP) is 5.31. The fraction of sp³-hybridized carbons (Fsp3) is 0.538. The molecule has 1 unspecified atom stereocenters. The van der Waals surface area contributed by atoms with E-state index in [4.69, 9.17) is 11.6 Å². The van der Waals surface area contributed by atoms with E-state index in [9.17, 15) is 0 Å². The molecule has 1 aromatic rings. The Kier molecular flexibility index (Phi) is 4.10. The van der Waals surface area contributed by atoms with Crippen molar-refractivity contribution in [1.29, 1.82) is 0 Å². The normalized spacial score (nSPS) is 19.3. The average Bonchev–Trinajstić information content (AvgIpc) is 2.71. The zero-order valence-corrected chi connectivity index (χ0v) is 11.1. The van der Waals surface area contributed by atoms with Gasteiger partial charge in [-0.15, -0.1) is 11.6 Å². The summed E-state index contributed by atoms with van der Waals surface area (Å²) in [4.78, 5) is 0. The van der Waals surface area contributed by atoms with E-state index >= 15 is 0 Å². The summed E-state index contributed by atoms with van der Waals surface area (Å²) in [6.45, 7) is 0. The Morgan fingerprint density at radius 2 is 1.80 bits per heavy atom. The van der Waals surface area contributed by atoms with Crippen molar-refractivity contribution in [3.05, 3.63) is 34.3 Å². The smallest absolute Gasteiger partial charge is 0.0587 e. The third-order valence-electron chi connectivity index (χ3n) is 3.25. The zero-order valence-electron chi connectivity index (χ0n) is 8.76. The maximum absolute atomic E-state index is 6.42. The standard InChI is InChI=1S/C13H16BrCl/c14-12-7-5-11(6-8-12)13(15)9-10-3-1-2-4-10/h5-8,10,13H,1-4,9H2. The average molecular weight is 288 g/mol. The highest BCUT2D eigenvalue weighted by molar-refractivity contribution is 9.10. The van der Waals surface area contributed by atoms with Gasteiger partial charge >= 0.3 is 0 Å². The highest BCUT2D eigenvalue weighted by atomic mass is 79.9. The van der Waals surface area contributed by atoms with Crippen molar-refractivity contribution in [2.24, 2.45) is 5.92 Å². The first kappa shape index (κ1) is 11.5. The summed E-state index contributed by atoms with van der Waals surface area (Å²) in [5.74, 6) is 0.858. The number of halogens is 2. The lowest BCUT2D eigenvalue weighted by Crippen LogP contribution is -1.99. The Balaban J connectivity index is 1.94. The van der Waals surface area contributed by atoms with Gasteiger partial charge in [0.05, 0.1) is 5.38 Å². The lowest BCUT2D eigenvalue weighted by Gasteiger charge is -2.14. The van der Waals surface area contributed by atoms with Gasteiger partial charge in [0.1, 0.15) is 0 Å². The van der Waals surface area contributed by atoms with Gasteiger partial charge in [0, 0.05) is 4.47 Å². The van der Waals surface area contributed by atoms with Gasteiger partial charge in [-0.2, -0.15) is 0 Å². The summed E-state index contributed by atoms with van der Waals surface area (Å²) in [7, 11) is 0. The van der Waals surface area contributed by atoms with Gasteiger partial charge in [0.2, 0.25) is 0 Å². The van der Waals surface area contributed by atoms with Crippen molar-refractivity contribution in [3.8, 4) is 0 Å². The molecule has 0 N–H and O–H groups in total. The molecule has 1 saturated carbocycles. The SMILES string of the molecule is ClC(CC1CCCC1)c1ccc(Br)cc1. The number of benzene rings is 1. The van der Waals surface area contributed by atoms with Gasteiger partial charge in [0.15, 0.2) is 0 Å². The molecule has 1 fully saturated rings. The molecule has 0 amide bonds. The Hall–Kier alpha value is -0.0100. The van der Waals surface area contributed by atoms with Crippen LogP contribution in [0.2, 0.25) is 0 Å². The molecule has 0 nitrogen and oxygen atoms in total. The second-order valence-electron chi connectivity index (χ2n) is 4.41. The van der Waals surface area contributed by atoms with Gasteiger partial charge in [-0.25, -0.2) is 0 Å². The van der Waals surface area contributed by atoms with Crippen molar-refractivity contribution in [1.82, 2.24) is 0 Å². The number of rotatable bonds is 3. The Morgan fingerprint density at radius 3 is 2.40 bits per heavy atom. The van der Waals surface area contributed by atoms with E-state index in [1.165, 1.54) is 31.2 Å². The van der Waals surface area contributed by atoms with E-state index in [-0.39, 0.29) is 5.38 Å². The summed E-state index contributed by atoms with van der Waals surface area (Å²) in [6.07, 6.45) is 6.69. The Labute approximate surface area is 105 Å². The first-order valence-electron chi connectivity index (χ1n) is 5.65. The molecule has 0 saturated heterocycles. The minimum atomic E-state index is 0.196. The monoisotopic (exact) mass is 286 g/mol. The minimum Gasteiger partial charge on any atom is -0.118 e. The number of hydrogen-bond acceptors (Lipinski definition) is 0. The highest BCUT2D eigenvalue weighted by Gasteiger charge is 2.19. The van der Waals surface area contributed by atoms with Gasteiger partial charge in [-0.05, 0) is 30.0 Å². The van der Waals surface area contributed by atoms with Crippen LogP contribution in [0.1, 0.15) is 43.0 Å². The molecule has 1 aliphatic carbocycles. The number of alkyl halides is 1. The summed E-state index contributed by atoms with van der Waals surface area (Å²) in [5, 5.41) is 0.196. The van der Waals surface area contributed by atoms with E-state index < -0.39 is 0 Å². The highest BCUT2D eigenvalue weighted by Crippen LogP contribution is 2.36. The predicted molar refractivity (Wildman–Crippen MR) is 69.3 cm³/mol. The van der Waals surface area contributed by atoms with Crippen molar-refractivity contribution < 1.29 is 0 Å². The molecule has 1 aliphatic rings. The summed E-state index contributed by atoms with van der Waals surface area (Å²) >= 11 is 9.86. The van der Waals surface area contributed by atoms with Crippen LogP contribution in [0.15, 0.2) is 28.7 Å². The zero-order chi connectivity index (χ0) is 10.7. The van der Waals surface area contributed by atoms with E-state index in [2.05, 4.69) is 40.2 Å². The number of hydrogen-bond donors (Lipinski definition) is 0. The lowest BCUT2D eigenvalue weighted by molar-refractivity contribution is 0.496. The van der Waals surface area contributed by atoms with Crippen LogP contribution in [0.25, 0.3) is 0 Å². The molecule has 82 valence electrons. The van der Waals surface area contributed by atoms with Gasteiger partial charge in [-0.3, -0.25) is 0 Å². The van der Waals surface area contributed by atoms with Crippen LogP contribution >= 0.6 is 27.5 Å². The van der Waals surface area contributed by atoms with Crippen molar-refractivity contribution in [3.63, 3.8) is 0 Å². The minimum absolute atomic E-state index is 0.196. The molecular formula is C13H16BrCl. The van der Waals surface area contributed by atoms with Crippen molar-refractivity contribution in [2.75, 3.05) is 0 Å². The van der Waals surface area contributed by atoms with Crippen LogP contribution < -0.4 is 0 Å². The molecule has 0 bridgehead atoms. The molecule has 2 heteroatoms. The van der Waals surface area contributed by atoms with Crippen molar-refractivity contribution >= 4 is 27.5 Å². The Morgan fingerprint density at radius 1 is 1.20 bits per heavy atom. The molecule has 15 heavy (non-hydrogen) atoms. The van der Waals surface area contributed by atoms with Crippen molar-refractivity contribution in [2.45, 2.75) is 37.5 Å². The quantitative estimate of drug-likeness (QED) is 0.661. The first-order valence-corrected chi connectivity index (χ1v) is 6.88. The fourth-order valence-electron chi connectivity index (χ4n) is 2.35. The molecular weight excluding hydrogens is 272 g/mol. The van der Waals surface area contributed by atoms with Crippen LogP contribution in [-0.4, -0.2) is 0 Å². The van der Waals surface area contributed by atoms with Crippen LogP contribution in [0.5, 0.6) is 0 Å². The largest absolute Gasteiger partial charge is 0.118 e. The molecule has 0 aromatic heterocycles. The third kappa shape index (κ3) is 3.22. The Bertz CT molecular complexity index is 301. The molecule has 2 rings (SSSR count). The molecule has 1 atom stereocenters. The fourth-order valence-corrected chi connectivity index (χ4v) is 3.01. The van der Waals surface area contributed by atoms with Crippen LogP contribution in [0, 0.1) is 5.92 Å². The summed E-state index contributed by atoms with van der Waals surface area (Å²) in [6, 6.07) is 8.38. The van der Waals surface area contributed by atoms with E-state index in [0.29, 0.717) is 0 Å². The molecule has 0 heterocycles. The molecule has 0 radical (unpaired) electrons. The second-order valence-corrected chi connectivity index (χ2v) is 5.85. The van der Waals surface area contributed by atoms with Crippen LogP contribution in [0.4, 0.5) is 0 Å². The molecule has 1 aromatic carbocycles. The topological polar surface area (TPSA) is 0 Å². The van der Waals surface area contributed by atoms with Gasteiger partial charge in [-0.1, -0.05) is 53.7 Å². The summed E-state index contributed by atoms with van der Waals surface area (Å²) < 4.78 is 1.12. The lowest BCUT2D eigenvalue weighted by atomic mass is 9.98. The van der Waals surface area contributed by atoms with Crippen LogP contribution in [0.3, 0.4) is 0 Å².